The molecule has 2 aromatic heterocycles. The second-order valence-electron chi connectivity index (χ2n) is 11.0. The van der Waals surface area contributed by atoms with Gasteiger partial charge in [-0.2, -0.15) is 0 Å². The van der Waals surface area contributed by atoms with E-state index in [9.17, 15) is 0 Å². The van der Waals surface area contributed by atoms with Crippen molar-refractivity contribution in [1.82, 2.24) is 14.6 Å². The van der Waals surface area contributed by atoms with E-state index in [-0.39, 0.29) is 0 Å². The molecule has 2 aromatic rings. The molecule has 2 bridgehead atoms. The van der Waals surface area contributed by atoms with Gasteiger partial charge in [-0.1, -0.05) is 33.6 Å². The first-order chi connectivity index (χ1) is 13.4. The van der Waals surface area contributed by atoms with Crippen molar-refractivity contribution in [1.29, 1.82) is 0 Å². The van der Waals surface area contributed by atoms with Crippen molar-refractivity contribution in [3.63, 3.8) is 0 Å². The monoisotopic (exact) mass is 381 g/mol. The molecule has 3 fully saturated rings. The number of hydrogen-bond donors (Lipinski definition) is 0. The molecule has 0 amide bonds. The van der Waals surface area contributed by atoms with E-state index < -0.39 is 0 Å². The van der Waals surface area contributed by atoms with Crippen molar-refractivity contribution >= 4 is 5.65 Å². The largest absolute Gasteiger partial charge is 0.493 e. The molecule has 3 unspecified atom stereocenters. The third-order valence-electron chi connectivity index (χ3n) is 7.77. The standard InChI is InChI=1S/C24H35N3O/c1-4-8-22(2)13-23(3)9-5-10-24(14-22,15-23)16-28-20-11-21-26-25-17-27(21)12-19(20)18-6-7-18/h11-12,17-18H,4-10,13-16H2,1-3H3. The fraction of sp³-hybridized carbons (Fsp3) is 0.750. The minimum Gasteiger partial charge on any atom is -0.493 e. The zero-order chi connectivity index (χ0) is 19.4. The molecule has 0 radical (unpaired) electrons. The lowest BCUT2D eigenvalue weighted by atomic mass is 9.48. The summed E-state index contributed by atoms with van der Waals surface area (Å²) in [6.07, 6.45) is 17.4. The summed E-state index contributed by atoms with van der Waals surface area (Å²) in [6.45, 7) is 8.31. The summed E-state index contributed by atoms with van der Waals surface area (Å²) >= 11 is 0. The summed E-state index contributed by atoms with van der Waals surface area (Å²) in [5.74, 6) is 1.72. The summed E-state index contributed by atoms with van der Waals surface area (Å²) in [6, 6.07) is 2.12. The van der Waals surface area contributed by atoms with Crippen LogP contribution in [-0.4, -0.2) is 21.2 Å². The molecule has 3 saturated carbocycles. The van der Waals surface area contributed by atoms with Crippen LogP contribution in [0.3, 0.4) is 0 Å². The Balaban J connectivity index is 1.42. The highest BCUT2D eigenvalue weighted by Gasteiger charge is 2.53. The van der Waals surface area contributed by atoms with Gasteiger partial charge in [0.15, 0.2) is 5.65 Å². The Morgan fingerprint density at radius 1 is 1.18 bits per heavy atom. The van der Waals surface area contributed by atoms with E-state index >= 15 is 0 Å². The summed E-state index contributed by atoms with van der Waals surface area (Å²) in [5.41, 5.74) is 3.57. The normalized spacial score (nSPS) is 35.2. The minimum absolute atomic E-state index is 0.343. The lowest BCUT2D eigenvalue weighted by Gasteiger charge is -2.57. The van der Waals surface area contributed by atoms with Crippen LogP contribution in [0.5, 0.6) is 5.75 Å². The van der Waals surface area contributed by atoms with Crippen LogP contribution in [0.2, 0.25) is 0 Å². The van der Waals surface area contributed by atoms with Gasteiger partial charge < -0.3 is 4.74 Å². The molecular formula is C24H35N3O. The van der Waals surface area contributed by atoms with Crippen molar-refractivity contribution in [2.75, 3.05) is 6.61 Å². The molecule has 0 aliphatic heterocycles. The summed E-state index contributed by atoms with van der Waals surface area (Å²) < 4.78 is 8.70. The van der Waals surface area contributed by atoms with Crippen molar-refractivity contribution < 1.29 is 4.74 Å². The van der Waals surface area contributed by atoms with Crippen LogP contribution in [-0.2, 0) is 0 Å². The molecule has 0 saturated heterocycles. The highest BCUT2D eigenvalue weighted by Crippen LogP contribution is 2.62. The maximum atomic E-state index is 6.67. The van der Waals surface area contributed by atoms with Crippen LogP contribution in [0.1, 0.15) is 96.5 Å². The van der Waals surface area contributed by atoms with Gasteiger partial charge in [0.2, 0.25) is 0 Å². The van der Waals surface area contributed by atoms with Crippen LogP contribution in [0.4, 0.5) is 0 Å². The van der Waals surface area contributed by atoms with Crippen LogP contribution in [0, 0.1) is 16.2 Å². The number of nitrogens with zero attached hydrogens (tertiary/aromatic N) is 3. The lowest BCUT2D eigenvalue weighted by Crippen LogP contribution is -2.49. The van der Waals surface area contributed by atoms with Gasteiger partial charge in [-0.3, -0.25) is 4.40 Å². The molecule has 4 nitrogen and oxygen atoms in total. The van der Waals surface area contributed by atoms with E-state index in [2.05, 4.69) is 43.2 Å². The smallest absolute Gasteiger partial charge is 0.164 e. The topological polar surface area (TPSA) is 39.4 Å². The quantitative estimate of drug-likeness (QED) is 0.602. The Hall–Kier alpha value is -1.58. The van der Waals surface area contributed by atoms with E-state index in [1.165, 1.54) is 69.8 Å². The number of ether oxygens (including phenoxy) is 1. The maximum absolute atomic E-state index is 6.67. The average Bonchev–Trinajstić information content (AvgIpc) is 3.36. The highest BCUT2D eigenvalue weighted by molar-refractivity contribution is 5.49. The molecule has 0 aromatic carbocycles. The third kappa shape index (κ3) is 3.33. The van der Waals surface area contributed by atoms with Gasteiger partial charge in [-0.15, -0.1) is 10.2 Å². The molecule has 0 N–H and O–H groups in total. The summed E-state index contributed by atoms with van der Waals surface area (Å²) in [4.78, 5) is 0. The highest BCUT2D eigenvalue weighted by atomic mass is 16.5. The second kappa shape index (κ2) is 6.47. The first-order valence-electron chi connectivity index (χ1n) is 11.4. The van der Waals surface area contributed by atoms with Crippen molar-refractivity contribution in [3.05, 3.63) is 24.2 Å². The zero-order valence-electron chi connectivity index (χ0n) is 17.8. The number of aromatic nitrogens is 3. The van der Waals surface area contributed by atoms with Gasteiger partial charge in [0, 0.05) is 23.2 Å². The predicted octanol–water partition coefficient (Wildman–Crippen LogP) is 6.15. The Morgan fingerprint density at radius 2 is 2.04 bits per heavy atom. The summed E-state index contributed by atoms with van der Waals surface area (Å²) in [5, 5.41) is 8.32. The SMILES string of the molecule is CCCC1(C)CC2(C)CCCC(COc3cc4nncn4cc3C3CC3)(C1)C2. The van der Waals surface area contributed by atoms with Crippen molar-refractivity contribution in [2.24, 2.45) is 16.2 Å². The van der Waals surface area contributed by atoms with E-state index in [1.54, 1.807) is 6.33 Å². The summed E-state index contributed by atoms with van der Waals surface area (Å²) in [7, 11) is 0. The van der Waals surface area contributed by atoms with Crippen LogP contribution < -0.4 is 4.74 Å². The second-order valence-corrected chi connectivity index (χ2v) is 11.0. The van der Waals surface area contributed by atoms with Gasteiger partial charge in [0.25, 0.3) is 0 Å². The van der Waals surface area contributed by atoms with Crippen LogP contribution in [0.25, 0.3) is 5.65 Å². The van der Waals surface area contributed by atoms with E-state index in [4.69, 9.17) is 4.74 Å². The molecule has 28 heavy (non-hydrogen) atoms. The van der Waals surface area contributed by atoms with E-state index in [0.717, 1.165) is 18.0 Å². The van der Waals surface area contributed by atoms with E-state index in [1.807, 2.05) is 4.40 Å². The number of hydrogen-bond acceptors (Lipinski definition) is 3. The van der Waals surface area contributed by atoms with Gasteiger partial charge >= 0.3 is 0 Å². The number of rotatable bonds is 6. The molecule has 2 heterocycles. The molecule has 0 spiro atoms. The Labute approximate surface area is 169 Å². The Bertz CT molecular complexity index is 872. The van der Waals surface area contributed by atoms with Gasteiger partial charge in [0.05, 0.1) is 6.61 Å². The molecule has 3 aliphatic rings. The third-order valence-corrected chi connectivity index (χ3v) is 7.77. The molecule has 4 heteroatoms. The Morgan fingerprint density at radius 3 is 2.82 bits per heavy atom. The molecule has 152 valence electrons. The van der Waals surface area contributed by atoms with Crippen molar-refractivity contribution in [2.45, 2.75) is 90.9 Å². The van der Waals surface area contributed by atoms with Crippen molar-refractivity contribution in [3.8, 4) is 5.75 Å². The number of pyridine rings is 1. The van der Waals surface area contributed by atoms with Gasteiger partial charge in [0.1, 0.15) is 12.1 Å². The molecular weight excluding hydrogens is 346 g/mol. The van der Waals surface area contributed by atoms with Gasteiger partial charge in [-0.25, -0.2) is 0 Å². The first-order valence-corrected chi connectivity index (χ1v) is 11.4. The maximum Gasteiger partial charge on any atom is 0.164 e. The van der Waals surface area contributed by atoms with Gasteiger partial charge in [-0.05, 0) is 68.1 Å². The average molecular weight is 382 g/mol. The lowest BCUT2D eigenvalue weighted by molar-refractivity contribution is -0.0836. The fourth-order valence-corrected chi connectivity index (χ4v) is 7.15. The zero-order valence-corrected chi connectivity index (χ0v) is 17.8. The van der Waals surface area contributed by atoms with Crippen LogP contribution in [0.15, 0.2) is 18.6 Å². The Kier molecular flexibility index (Phi) is 4.26. The predicted molar refractivity (Wildman–Crippen MR) is 112 cm³/mol. The minimum atomic E-state index is 0.343. The molecule has 5 rings (SSSR count). The molecule has 3 atom stereocenters. The van der Waals surface area contributed by atoms with Crippen LogP contribution >= 0.6 is 0 Å². The first kappa shape index (κ1) is 18.4. The fourth-order valence-electron chi connectivity index (χ4n) is 7.15. The van der Waals surface area contributed by atoms with E-state index in [0.29, 0.717) is 22.2 Å². The number of fused-ring (bicyclic) bond motifs is 3. The molecule has 3 aliphatic carbocycles.